The highest BCUT2D eigenvalue weighted by Gasteiger charge is 2.56. The van der Waals surface area contributed by atoms with E-state index in [-0.39, 0.29) is 11.9 Å². The molecule has 2 N–H and O–H groups in total. The predicted molar refractivity (Wildman–Crippen MR) is 103 cm³/mol. The molecule has 1 aromatic carbocycles. The van der Waals surface area contributed by atoms with Gasteiger partial charge in [0.15, 0.2) is 0 Å². The van der Waals surface area contributed by atoms with Crippen LogP contribution < -0.4 is 5.32 Å². The first kappa shape index (κ1) is 18.0. The van der Waals surface area contributed by atoms with Gasteiger partial charge in [-0.05, 0) is 82.4 Å². The average molecular weight is 357 g/mol. The fraction of sp³-hybridized carbons (Fsp3) is 0.682. The highest BCUT2D eigenvalue weighted by molar-refractivity contribution is 5.83. The van der Waals surface area contributed by atoms with Crippen molar-refractivity contribution in [2.75, 3.05) is 20.6 Å². The van der Waals surface area contributed by atoms with Crippen LogP contribution in [0.1, 0.15) is 49.3 Å². The summed E-state index contributed by atoms with van der Waals surface area (Å²) in [7, 11) is 3.86. The van der Waals surface area contributed by atoms with Crippen LogP contribution in [0.15, 0.2) is 24.3 Å². The van der Waals surface area contributed by atoms with Crippen LogP contribution in [0, 0.1) is 30.6 Å². The van der Waals surface area contributed by atoms with E-state index in [1.54, 1.807) is 0 Å². The number of nitrogens with zero attached hydrogens (tertiary/aromatic N) is 1. The number of amides is 1. The molecule has 1 amide bonds. The van der Waals surface area contributed by atoms with Crippen molar-refractivity contribution in [1.82, 2.24) is 10.2 Å². The minimum atomic E-state index is -0.701. The fourth-order valence-corrected chi connectivity index (χ4v) is 6.05. The zero-order valence-corrected chi connectivity index (χ0v) is 16.2. The first-order valence-corrected chi connectivity index (χ1v) is 10.1. The molecule has 142 valence electrons. The number of benzene rings is 1. The summed E-state index contributed by atoms with van der Waals surface area (Å²) in [4.78, 5) is 14.9. The van der Waals surface area contributed by atoms with Crippen molar-refractivity contribution in [1.29, 1.82) is 0 Å². The van der Waals surface area contributed by atoms with Crippen LogP contribution in [0.2, 0.25) is 0 Å². The second-order valence-electron chi connectivity index (χ2n) is 9.29. The lowest BCUT2D eigenvalue weighted by molar-refractivity contribution is -0.171. The Hall–Kier alpha value is -1.39. The lowest BCUT2D eigenvalue weighted by atomic mass is 9.50. The number of hydrogen-bond donors (Lipinski definition) is 2. The minimum Gasteiger partial charge on any atom is -0.387 e. The maximum absolute atomic E-state index is 13.0. The van der Waals surface area contributed by atoms with Crippen LogP contribution in [0.4, 0.5) is 0 Å². The third-order valence-electron chi connectivity index (χ3n) is 7.26. The highest BCUT2D eigenvalue weighted by atomic mass is 16.3. The van der Waals surface area contributed by atoms with Crippen LogP contribution in [0.25, 0.3) is 0 Å². The minimum absolute atomic E-state index is 0.0129. The second kappa shape index (κ2) is 6.65. The lowest BCUT2D eigenvalue weighted by Gasteiger charge is -2.59. The second-order valence-corrected chi connectivity index (χ2v) is 9.29. The first-order valence-electron chi connectivity index (χ1n) is 10.1. The van der Waals surface area contributed by atoms with Crippen LogP contribution in [-0.2, 0) is 4.79 Å². The van der Waals surface area contributed by atoms with Crippen LogP contribution in [0.3, 0.4) is 0 Å². The van der Waals surface area contributed by atoms with Crippen molar-refractivity contribution in [3.63, 3.8) is 0 Å². The van der Waals surface area contributed by atoms with Gasteiger partial charge < -0.3 is 10.4 Å². The molecule has 0 heterocycles. The number of carbonyl (C=O) groups excluding carboxylic acids is 1. The van der Waals surface area contributed by atoms with E-state index >= 15 is 0 Å². The average Bonchev–Trinajstić information content (AvgIpc) is 2.59. The standard InChI is InChI=1S/C22H32N2O2/c1-14-4-6-17(7-5-14)20(24(2)3)21(25)23-13-22(26)18-9-15-8-16(11-18)12-19(22)10-15/h4-7,15-16,18-20,26H,8-13H2,1-3H3,(H,23,25). The maximum atomic E-state index is 13.0. The van der Waals surface area contributed by atoms with E-state index in [4.69, 9.17) is 0 Å². The van der Waals surface area contributed by atoms with Gasteiger partial charge in [-0.3, -0.25) is 9.69 Å². The molecule has 0 saturated heterocycles. The molecule has 1 unspecified atom stereocenters. The van der Waals surface area contributed by atoms with Gasteiger partial charge in [0, 0.05) is 6.54 Å². The van der Waals surface area contributed by atoms with Gasteiger partial charge in [0.25, 0.3) is 0 Å². The van der Waals surface area contributed by atoms with Gasteiger partial charge in [0.2, 0.25) is 5.91 Å². The largest absolute Gasteiger partial charge is 0.387 e. The Morgan fingerprint density at radius 2 is 1.65 bits per heavy atom. The third kappa shape index (κ3) is 3.07. The monoisotopic (exact) mass is 356 g/mol. The summed E-state index contributed by atoms with van der Waals surface area (Å²) in [5.41, 5.74) is 1.48. The summed E-state index contributed by atoms with van der Waals surface area (Å²) in [5, 5.41) is 14.6. The molecule has 0 radical (unpaired) electrons. The number of aliphatic hydroxyl groups is 1. The van der Waals surface area contributed by atoms with Gasteiger partial charge in [0.1, 0.15) is 6.04 Å². The molecule has 0 aromatic heterocycles. The van der Waals surface area contributed by atoms with Crippen LogP contribution in [-0.4, -0.2) is 42.2 Å². The van der Waals surface area contributed by atoms with Gasteiger partial charge in [-0.25, -0.2) is 0 Å². The Kier molecular flexibility index (Phi) is 4.60. The van der Waals surface area contributed by atoms with E-state index < -0.39 is 5.60 Å². The molecule has 1 atom stereocenters. The van der Waals surface area contributed by atoms with Gasteiger partial charge in [0.05, 0.1) is 5.60 Å². The Morgan fingerprint density at radius 3 is 2.15 bits per heavy atom. The number of hydrogen-bond acceptors (Lipinski definition) is 3. The Balaban J connectivity index is 1.46. The summed E-state index contributed by atoms with van der Waals surface area (Å²) in [6, 6.07) is 7.82. The topological polar surface area (TPSA) is 52.6 Å². The lowest BCUT2D eigenvalue weighted by Crippen LogP contribution is -2.62. The van der Waals surface area contributed by atoms with E-state index in [0.29, 0.717) is 18.4 Å². The van der Waals surface area contributed by atoms with E-state index in [0.717, 1.165) is 43.1 Å². The van der Waals surface area contributed by atoms with Crippen molar-refractivity contribution < 1.29 is 9.90 Å². The maximum Gasteiger partial charge on any atom is 0.242 e. The summed E-state index contributed by atoms with van der Waals surface area (Å²) in [5.74, 6) is 2.36. The number of rotatable bonds is 5. The number of aryl methyl sites for hydroxylation is 1. The molecule has 0 spiro atoms. The molecule has 0 aliphatic heterocycles. The molecule has 4 aliphatic carbocycles. The Bertz CT molecular complexity index is 639. The molecule has 26 heavy (non-hydrogen) atoms. The molecule has 4 heteroatoms. The quantitative estimate of drug-likeness (QED) is 0.853. The first-order chi connectivity index (χ1) is 12.4. The zero-order chi connectivity index (χ0) is 18.5. The van der Waals surface area contributed by atoms with Crippen molar-refractivity contribution >= 4 is 5.91 Å². The predicted octanol–water partition coefficient (Wildman–Crippen LogP) is 2.90. The van der Waals surface area contributed by atoms with Gasteiger partial charge in [-0.2, -0.15) is 0 Å². The normalized spacial score (nSPS) is 36.3. The summed E-state index contributed by atoms with van der Waals surface area (Å²) < 4.78 is 0. The number of nitrogens with one attached hydrogen (secondary N) is 1. The fourth-order valence-electron chi connectivity index (χ4n) is 6.05. The van der Waals surface area contributed by atoms with Crippen molar-refractivity contribution in [3.8, 4) is 0 Å². The van der Waals surface area contributed by atoms with E-state index in [1.165, 1.54) is 12.0 Å². The van der Waals surface area contributed by atoms with Crippen molar-refractivity contribution in [3.05, 3.63) is 35.4 Å². The molecule has 4 nitrogen and oxygen atoms in total. The molecule has 4 aliphatic rings. The molecule has 4 fully saturated rings. The summed E-state index contributed by atoms with van der Waals surface area (Å²) >= 11 is 0. The molecule has 1 aromatic rings. The number of likely N-dealkylation sites (N-methyl/N-ethyl adjacent to an activating group) is 1. The molecule has 5 rings (SSSR count). The Labute approximate surface area is 157 Å². The summed E-state index contributed by atoms with van der Waals surface area (Å²) in [6.07, 6.45) is 5.96. The molecule has 4 saturated carbocycles. The van der Waals surface area contributed by atoms with Crippen molar-refractivity contribution in [2.45, 2.75) is 50.7 Å². The molecule has 4 bridgehead atoms. The SMILES string of the molecule is Cc1ccc(C(C(=O)NCC2(O)C3CC4CC(C3)CC2C4)N(C)C)cc1. The van der Waals surface area contributed by atoms with Gasteiger partial charge in [-0.1, -0.05) is 29.8 Å². The Morgan fingerprint density at radius 1 is 1.12 bits per heavy atom. The smallest absolute Gasteiger partial charge is 0.242 e. The van der Waals surface area contributed by atoms with Gasteiger partial charge >= 0.3 is 0 Å². The molecular formula is C22H32N2O2. The van der Waals surface area contributed by atoms with Crippen LogP contribution in [0.5, 0.6) is 0 Å². The van der Waals surface area contributed by atoms with Crippen molar-refractivity contribution in [2.24, 2.45) is 23.7 Å². The van der Waals surface area contributed by atoms with E-state index in [1.807, 2.05) is 43.3 Å². The van der Waals surface area contributed by atoms with Crippen LogP contribution >= 0.6 is 0 Å². The highest BCUT2D eigenvalue weighted by Crippen LogP contribution is 2.58. The molecular weight excluding hydrogens is 324 g/mol. The summed E-state index contributed by atoms with van der Waals surface area (Å²) in [6.45, 7) is 2.45. The third-order valence-corrected chi connectivity index (χ3v) is 7.26. The van der Waals surface area contributed by atoms with Gasteiger partial charge in [-0.15, -0.1) is 0 Å². The van der Waals surface area contributed by atoms with E-state index in [9.17, 15) is 9.90 Å². The number of carbonyl (C=O) groups is 1. The zero-order valence-electron chi connectivity index (χ0n) is 16.2. The van der Waals surface area contributed by atoms with E-state index in [2.05, 4.69) is 12.2 Å².